The average molecular weight is 375 g/mol. The van der Waals surface area contributed by atoms with Gasteiger partial charge >= 0.3 is 0 Å². The Balaban J connectivity index is 1.73. The van der Waals surface area contributed by atoms with Crippen LogP contribution >= 0.6 is 27.7 Å². The monoisotopic (exact) mass is 374 g/mol. The van der Waals surface area contributed by atoms with Gasteiger partial charge in [-0.05, 0) is 47.5 Å². The molecule has 0 amide bonds. The van der Waals surface area contributed by atoms with Crippen LogP contribution in [0.4, 0.5) is 0 Å². The molecule has 0 atom stereocenters. The molecule has 0 aliphatic rings. The van der Waals surface area contributed by atoms with Crippen LogP contribution in [0.2, 0.25) is 0 Å². The average Bonchev–Trinajstić information content (AvgIpc) is 2.93. The Labute approximate surface area is 142 Å². The van der Waals surface area contributed by atoms with Crippen molar-refractivity contribution in [1.82, 2.24) is 10.2 Å². The molecular formula is C17H15BrN2OS. The summed E-state index contributed by atoms with van der Waals surface area (Å²) in [4.78, 5) is 0. The van der Waals surface area contributed by atoms with E-state index in [9.17, 15) is 0 Å². The molecule has 0 radical (unpaired) electrons. The van der Waals surface area contributed by atoms with Crippen LogP contribution in [0.1, 0.15) is 16.7 Å². The number of hydrogen-bond acceptors (Lipinski definition) is 4. The number of thioether (sulfide) groups is 1. The molecule has 0 fully saturated rings. The molecule has 0 aliphatic carbocycles. The molecule has 3 rings (SSSR count). The van der Waals surface area contributed by atoms with E-state index in [1.165, 1.54) is 16.7 Å². The maximum Gasteiger partial charge on any atom is 0.277 e. The Morgan fingerprint density at radius 1 is 1.05 bits per heavy atom. The number of aryl methyl sites for hydroxylation is 2. The van der Waals surface area contributed by atoms with Crippen LogP contribution in [-0.4, -0.2) is 10.2 Å². The van der Waals surface area contributed by atoms with E-state index in [2.05, 4.69) is 58.2 Å². The van der Waals surface area contributed by atoms with Crippen molar-refractivity contribution in [2.45, 2.75) is 24.8 Å². The first-order valence-corrected chi connectivity index (χ1v) is 8.68. The smallest absolute Gasteiger partial charge is 0.277 e. The molecule has 0 saturated heterocycles. The topological polar surface area (TPSA) is 38.9 Å². The lowest BCUT2D eigenvalue weighted by atomic mass is 10.1. The first-order chi connectivity index (χ1) is 10.6. The summed E-state index contributed by atoms with van der Waals surface area (Å²) in [6.07, 6.45) is 0. The van der Waals surface area contributed by atoms with Gasteiger partial charge in [-0.15, -0.1) is 10.2 Å². The second-order valence-electron chi connectivity index (χ2n) is 5.14. The van der Waals surface area contributed by atoms with Gasteiger partial charge in [0, 0.05) is 10.2 Å². The minimum Gasteiger partial charge on any atom is -0.411 e. The maximum atomic E-state index is 5.74. The summed E-state index contributed by atoms with van der Waals surface area (Å²) in [5, 5.41) is 8.83. The zero-order valence-corrected chi connectivity index (χ0v) is 14.7. The molecule has 0 aliphatic heterocycles. The summed E-state index contributed by atoms with van der Waals surface area (Å²) >= 11 is 5.06. The van der Waals surface area contributed by atoms with Crippen molar-refractivity contribution >= 4 is 27.7 Å². The molecule has 0 saturated carbocycles. The largest absolute Gasteiger partial charge is 0.411 e. The number of nitrogens with zero attached hydrogens (tertiary/aromatic N) is 2. The highest BCUT2D eigenvalue weighted by Gasteiger charge is 2.11. The summed E-state index contributed by atoms with van der Waals surface area (Å²) in [6, 6.07) is 14.4. The molecule has 112 valence electrons. The molecule has 3 nitrogen and oxygen atoms in total. The van der Waals surface area contributed by atoms with E-state index in [1.54, 1.807) is 11.8 Å². The molecule has 0 bridgehead atoms. The van der Waals surface area contributed by atoms with Gasteiger partial charge < -0.3 is 4.42 Å². The first kappa shape index (κ1) is 15.3. The third kappa shape index (κ3) is 3.59. The van der Waals surface area contributed by atoms with Crippen molar-refractivity contribution in [3.05, 3.63) is 63.6 Å². The summed E-state index contributed by atoms with van der Waals surface area (Å²) in [7, 11) is 0. The Hall–Kier alpha value is -1.59. The van der Waals surface area contributed by atoms with Crippen LogP contribution in [0.3, 0.4) is 0 Å². The molecule has 0 N–H and O–H groups in total. The van der Waals surface area contributed by atoms with Crippen molar-refractivity contribution < 1.29 is 4.42 Å². The lowest BCUT2D eigenvalue weighted by Gasteiger charge is -2.02. The second kappa shape index (κ2) is 6.67. The quantitative estimate of drug-likeness (QED) is 0.572. The molecule has 5 heteroatoms. The van der Waals surface area contributed by atoms with E-state index < -0.39 is 0 Å². The third-order valence-electron chi connectivity index (χ3n) is 3.15. The Morgan fingerprint density at radius 2 is 1.77 bits per heavy atom. The molecule has 3 aromatic rings. The minimum absolute atomic E-state index is 0.537. The fraction of sp³-hybridized carbons (Fsp3) is 0.176. The number of aromatic nitrogens is 2. The van der Waals surface area contributed by atoms with Gasteiger partial charge in [0.2, 0.25) is 5.89 Å². The highest BCUT2D eigenvalue weighted by molar-refractivity contribution is 9.10. The predicted octanol–water partition coefficient (Wildman–Crippen LogP) is 5.41. The summed E-state index contributed by atoms with van der Waals surface area (Å²) in [5.41, 5.74) is 4.72. The van der Waals surface area contributed by atoms with E-state index in [4.69, 9.17) is 4.42 Å². The van der Waals surface area contributed by atoms with Gasteiger partial charge in [-0.2, -0.15) is 0 Å². The highest BCUT2D eigenvalue weighted by atomic mass is 79.9. The summed E-state index contributed by atoms with van der Waals surface area (Å²) in [5.74, 6) is 1.36. The summed E-state index contributed by atoms with van der Waals surface area (Å²) < 4.78 is 6.69. The molecule has 0 unspecified atom stereocenters. The van der Waals surface area contributed by atoms with Crippen LogP contribution < -0.4 is 0 Å². The van der Waals surface area contributed by atoms with E-state index in [-0.39, 0.29) is 0 Å². The molecule has 1 aromatic heterocycles. The lowest BCUT2D eigenvalue weighted by Crippen LogP contribution is -1.85. The molecule has 2 aromatic carbocycles. The second-order valence-corrected chi connectivity index (χ2v) is 6.92. The van der Waals surface area contributed by atoms with E-state index in [1.807, 2.05) is 24.3 Å². The minimum atomic E-state index is 0.537. The number of halogens is 1. The SMILES string of the molecule is Cc1cc(C)cc(CSc2nnc(-c3ccccc3Br)o2)c1. The molecular weight excluding hydrogens is 360 g/mol. The van der Waals surface area contributed by atoms with E-state index in [0.717, 1.165) is 15.8 Å². The van der Waals surface area contributed by atoms with Gasteiger partial charge in [-0.25, -0.2) is 0 Å². The van der Waals surface area contributed by atoms with Gasteiger partial charge in [-0.1, -0.05) is 53.2 Å². The normalized spacial score (nSPS) is 10.9. The van der Waals surface area contributed by atoms with Crippen molar-refractivity contribution in [2.24, 2.45) is 0 Å². The fourth-order valence-electron chi connectivity index (χ4n) is 2.31. The highest BCUT2D eigenvalue weighted by Crippen LogP contribution is 2.30. The Bertz CT molecular complexity index is 781. The zero-order chi connectivity index (χ0) is 15.5. The standard InChI is InChI=1S/C17H15BrN2OS/c1-11-7-12(2)9-13(8-11)10-22-17-20-19-16(21-17)14-5-3-4-6-15(14)18/h3-9H,10H2,1-2H3. The first-order valence-electron chi connectivity index (χ1n) is 6.90. The predicted molar refractivity (Wildman–Crippen MR) is 92.9 cm³/mol. The van der Waals surface area contributed by atoms with Crippen LogP contribution in [0.15, 0.2) is 56.6 Å². The number of benzene rings is 2. The van der Waals surface area contributed by atoms with E-state index >= 15 is 0 Å². The van der Waals surface area contributed by atoms with Crippen LogP contribution in [0, 0.1) is 13.8 Å². The number of rotatable bonds is 4. The van der Waals surface area contributed by atoms with Crippen molar-refractivity contribution in [2.75, 3.05) is 0 Å². The Morgan fingerprint density at radius 3 is 2.50 bits per heavy atom. The Kier molecular flexibility index (Phi) is 4.64. The maximum absolute atomic E-state index is 5.74. The summed E-state index contributed by atoms with van der Waals surface area (Å²) in [6.45, 7) is 4.22. The lowest BCUT2D eigenvalue weighted by molar-refractivity contribution is 0.465. The van der Waals surface area contributed by atoms with Gasteiger partial charge in [0.15, 0.2) is 0 Å². The van der Waals surface area contributed by atoms with Gasteiger partial charge in [0.25, 0.3) is 5.22 Å². The number of hydrogen-bond donors (Lipinski definition) is 0. The van der Waals surface area contributed by atoms with Gasteiger partial charge in [-0.3, -0.25) is 0 Å². The van der Waals surface area contributed by atoms with Crippen molar-refractivity contribution in [1.29, 1.82) is 0 Å². The van der Waals surface area contributed by atoms with Crippen LogP contribution in [0.25, 0.3) is 11.5 Å². The molecule has 22 heavy (non-hydrogen) atoms. The van der Waals surface area contributed by atoms with Crippen molar-refractivity contribution in [3.8, 4) is 11.5 Å². The van der Waals surface area contributed by atoms with Gasteiger partial charge in [0.1, 0.15) is 0 Å². The van der Waals surface area contributed by atoms with Crippen LogP contribution in [0.5, 0.6) is 0 Å². The third-order valence-corrected chi connectivity index (χ3v) is 4.74. The van der Waals surface area contributed by atoms with E-state index in [0.29, 0.717) is 11.1 Å². The van der Waals surface area contributed by atoms with Crippen molar-refractivity contribution in [3.63, 3.8) is 0 Å². The molecule has 1 heterocycles. The molecule has 0 spiro atoms. The van der Waals surface area contributed by atoms with Gasteiger partial charge in [0.05, 0.1) is 5.56 Å². The fourth-order valence-corrected chi connectivity index (χ4v) is 3.46. The van der Waals surface area contributed by atoms with Crippen LogP contribution in [-0.2, 0) is 5.75 Å². The zero-order valence-electron chi connectivity index (χ0n) is 12.3.